The van der Waals surface area contributed by atoms with Crippen LogP contribution in [0, 0.1) is 0 Å². The number of anilines is 1. The van der Waals surface area contributed by atoms with E-state index in [1.807, 2.05) is 0 Å². The van der Waals surface area contributed by atoms with E-state index in [-0.39, 0.29) is 5.91 Å². The van der Waals surface area contributed by atoms with Crippen LogP contribution in [-0.4, -0.2) is 29.3 Å². The van der Waals surface area contributed by atoms with E-state index in [1.54, 1.807) is 10.3 Å². The largest absolute Gasteiger partial charge is 0.477 e. The average Bonchev–Trinajstić information content (AvgIpc) is 2.59. The van der Waals surface area contributed by atoms with Crippen LogP contribution in [0.2, 0.25) is 0 Å². The van der Waals surface area contributed by atoms with Crippen LogP contribution >= 0.6 is 23.1 Å². The molecule has 0 saturated carbocycles. The number of rotatable bonds is 1. The fourth-order valence-electron chi connectivity index (χ4n) is 1.50. The third kappa shape index (κ3) is 1.74. The van der Waals surface area contributed by atoms with Gasteiger partial charge in [0, 0.05) is 24.6 Å². The standard InChI is InChI=1S/C9H9NO3S2/c1-5(11)10-2-3-14-7-6(10)4-15-8(7)9(12)13/h4H,2-3H2,1H3,(H,12,13). The number of nitrogens with zero attached hydrogens (tertiary/aromatic N) is 1. The zero-order chi connectivity index (χ0) is 11.0. The van der Waals surface area contributed by atoms with Crippen molar-refractivity contribution in [2.24, 2.45) is 0 Å². The number of thioether (sulfide) groups is 1. The van der Waals surface area contributed by atoms with E-state index >= 15 is 0 Å². The van der Waals surface area contributed by atoms with E-state index in [0.29, 0.717) is 11.4 Å². The quantitative estimate of drug-likeness (QED) is 0.818. The highest BCUT2D eigenvalue weighted by Gasteiger charge is 2.26. The molecule has 0 atom stereocenters. The normalized spacial score (nSPS) is 14.9. The van der Waals surface area contributed by atoms with Crippen molar-refractivity contribution < 1.29 is 14.7 Å². The topological polar surface area (TPSA) is 57.6 Å². The molecule has 0 saturated heterocycles. The molecule has 80 valence electrons. The summed E-state index contributed by atoms with van der Waals surface area (Å²) in [6, 6.07) is 0. The van der Waals surface area contributed by atoms with Gasteiger partial charge in [-0.15, -0.1) is 23.1 Å². The number of fused-ring (bicyclic) bond motifs is 1. The monoisotopic (exact) mass is 243 g/mol. The van der Waals surface area contributed by atoms with Crippen molar-refractivity contribution >= 4 is 40.7 Å². The van der Waals surface area contributed by atoms with Crippen LogP contribution in [0.4, 0.5) is 5.69 Å². The van der Waals surface area contributed by atoms with Gasteiger partial charge in [0.1, 0.15) is 4.88 Å². The Bertz CT molecular complexity index is 427. The zero-order valence-electron chi connectivity index (χ0n) is 8.02. The van der Waals surface area contributed by atoms with Gasteiger partial charge in [0.2, 0.25) is 5.91 Å². The van der Waals surface area contributed by atoms with Gasteiger partial charge in [-0.3, -0.25) is 4.79 Å². The van der Waals surface area contributed by atoms with Crippen molar-refractivity contribution in [3.05, 3.63) is 10.3 Å². The van der Waals surface area contributed by atoms with Crippen molar-refractivity contribution in [1.29, 1.82) is 0 Å². The minimum Gasteiger partial charge on any atom is -0.477 e. The summed E-state index contributed by atoms with van der Waals surface area (Å²) in [4.78, 5) is 24.9. The molecule has 0 aliphatic carbocycles. The minimum atomic E-state index is -0.917. The van der Waals surface area contributed by atoms with Crippen LogP contribution < -0.4 is 4.90 Å². The molecule has 6 heteroatoms. The van der Waals surface area contributed by atoms with Gasteiger partial charge in [-0.2, -0.15) is 0 Å². The van der Waals surface area contributed by atoms with Crippen LogP contribution in [0.25, 0.3) is 0 Å². The highest BCUT2D eigenvalue weighted by Crippen LogP contribution is 2.41. The number of aromatic carboxylic acids is 1. The van der Waals surface area contributed by atoms with Crippen LogP contribution in [0.1, 0.15) is 16.6 Å². The number of carboxylic acid groups (broad SMARTS) is 1. The molecule has 0 bridgehead atoms. The van der Waals surface area contributed by atoms with E-state index in [2.05, 4.69) is 0 Å². The number of amides is 1. The molecule has 0 aromatic carbocycles. The molecular weight excluding hydrogens is 234 g/mol. The maximum atomic E-state index is 11.3. The van der Waals surface area contributed by atoms with Gasteiger partial charge in [-0.1, -0.05) is 0 Å². The zero-order valence-corrected chi connectivity index (χ0v) is 9.65. The Morgan fingerprint density at radius 1 is 1.53 bits per heavy atom. The Kier molecular flexibility index (Phi) is 2.70. The van der Waals surface area contributed by atoms with E-state index < -0.39 is 5.97 Å². The number of carbonyl (C=O) groups is 2. The molecule has 1 aliphatic heterocycles. The van der Waals surface area contributed by atoms with Crippen molar-refractivity contribution in [2.45, 2.75) is 11.8 Å². The third-order valence-electron chi connectivity index (χ3n) is 2.15. The van der Waals surface area contributed by atoms with Gasteiger partial charge in [-0.25, -0.2) is 4.79 Å². The van der Waals surface area contributed by atoms with E-state index in [1.165, 1.54) is 30.0 Å². The maximum Gasteiger partial charge on any atom is 0.347 e. The summed E-state index contributed by atoms with van der Waals surface area (Å²) in [5.41, 5.74) is 0.751. The fraction of sp³-hybridized carbons (Fsp3) is 0.333. The van der Waals surface area contributed by atoms with E-state index in [9.17, 15) is 9.59 Å². The van der Waals surface area contributed by atoms with Gasteiger partial charge < -0.3 is 10.0 Å². The lowest BCUT2D eigenvalue weighted by Crippen LogP contribution is -2.33. The minimum absolute atomic E-state index is 0.0358. The van der Waals surface area contributed by atoms with Crippen LogP contribution in [0.5, 0.6) is 0 Å². The van der Waals surface area contributed by atoms with E-state index in [4.69, 9.17) is 5.11 Å². The SMILES string of the molecule is CC(=O)N1CCSc2c1csc2C(=O)O. The number of hydrogen-bond acceptors (Lipinski definition) is 4. The van der Waals surface area contributed by atoms with Gasteiger partial charge in [0.15, 0.2) is 0 Å². The summed E-state index contributed by atoms with van der Waals surface area (Å²) in [5, 5.41) is 10.7. The molecule has 2 rings (SSSR count). The third-order valence-corrected chi connectivity index (χ3v) is 4.33. The molecule has 1 aliphatic rings. The predicted octanol–water partition coefficient (Wildman–Crippen LogP) is 1.90. The van der Waals surface area contributed by atoms with Gasteiger partial charge in [0.05, 0.1) is 10.6 Å². The second-order valence-corrected chi connectivity index (χ2v) is 5.09. The summed E-state index contributed by atoms with van der Waals surface area (Å²) in [6.07, 6.45) is 0. The molecule has 1 aromatic heterocycles. The van der Waals surface area contributed by atoms with Gasteiger partial charge >= 0.3 is 5.97 Å². The Labute approximate surface area is 94.9 Å². The highest BCUT2D eigenvalue weighted by molar-refractivity contribution is 7.99. The molecule has 0 fully saturated rings. The fourth-order valence-corrected chi connectivity index (χ4v) is 3.69. The summed E-state index contributed by atoms with van der Waals surface area (Å²) in [7, 11) is 0. The van der Waals surface area contributed by atoms with Crippen molar-refractivity contribution in [1.82, 2.24) is 0 Å². The molecule has 0 radical (unpaired) electrons. The Morgan fingerprint density at radius 2 is 2.27 bits per heavy atom. The first-order chi connectivity index (χ1) is 7.11. The molecule has 1 N–H and O–H groups in total. The lowest BCUT2D eigenvalue weighted by atomic mass is 10.3. The van der Waals surface area contributed by atoms with Gasteiger partial charge in [0.25, 0.3) is 0 Å². The lowest BCUT2D eigenvalue weighted by Gasteiger charge is -2.25. The van der Waals surface area contributed by atoms with Crippen molar-refractivity contribution in [2.75, 3.05) is 17.2 Å². The molecule has 15 heavy (non-hydrogen) atoms. The van der Waals surface area contributed by atoms with Crippen LogP contribution in [-0.2, 0) is 4.79 Å². The molecular formula is C9H9NO3S2. The number of carbonyl (C=O) groups excluding carboxylic acids is 1. The second kappa shape index (κ2) is 3.86. The van der Waals surface area contributed by atoms with E-state index in [0.717, 1.165) is 16.3 Å². The van der Waals surface area contributed by atoms with Crippen LogP contribution in [0.15, 0.2) is 10.3 Å². The Morgan fingerprint density at radius 3 is 2.87 bits per heavy atom. The number of thiophene rings is 1. The first-order valence-electron chi connectivity index (χ1n) is 4.37. The van der Waals surface area contributed by atoms with Crippen molar-refractivity contribution in [3.63, 3.8) is 0 Å². The smallest absolute Gasteiger partial charge is 0.347 e. The Balaban J connectivity index is 2.46. The average molecular weight is 243 g/mol. The first-order valence-corrected chi connectivity index (χ1v) is 6.23. The van der Waals surface area contributed by atoms with Gasteiger partial charge in [-0.05, 0) is 0 Å². The second-order valence-electron chi connectivity index (χ2n) is 3.10. The molecule has 1 aromatic rings. The number of hydrogen-bond donors (Lipinski definition) is 1. The lowest BCUT2D eigenvalue weighted by molar-refractivity contribution is -0.116. The van der Waals surface area contributed by atoms with Crippen molar-refractivity contribution in [3.8, 4) is 0 Å². The maximum absolute atomic E-state index is 11.3. The first kappa shape index (κ1) is 10.5. The van der Waals surface area contributed by atoms with Crippen LogP contribution in [0.3, 0.4) is 0 Å². The predicted molar refractivity (Wildman–Crippen MR) is 60.0 cm³/mol. The summed E-state index contributed by atoms with van der Waals surface area (Å²) in [6.45, 7) is 2.15. The summed E-state index contributed by atoms with van der Waals surface area (Å²) in [5.74, 6) is -0.200. The summed E-state index contributed by atoms with van der Waals surface area (Å²) < 4.78 is 0. The molecule has 4 nitrogen and oxygen atoms in total. The Hall–Kier alpha value is -1.01. The summed E-state index contributed by atoms with van der Waals surface area (Å²) >= 11 is 2.69. The molecule has 1 amide bonds. The number of carboxylic acids is 1. The molecule has 2 heterocycles. The molecule has 0 spiro atoms. The highest BCUT2D eigenvalue weighted by atomic mass is 32.2. The molecule has 0 unspecified atom stereocenters.